The van der Waals surface area contributed by atoms with Gasteiger partial charge in [-0.3, -0.25) is 9.59 Å². The predicted molar refractivity (Wildman–Crippen MR) is 90.5 cm³/mol. The summed E-state index contributed by atoms with van der Waals surface area (Å²) in [7, 11) is 0. The van der Waals surface area contributed by atoms with Gasteiger partial charge in [0, 0.05) is 25.6 Å². The largest absolute Gasteiger partial charge is 0.481 e. The van der Waals surface area contributed by atoms with Crippen LogP contribution in [0.4, 0.5) is 0 Å². The van der Waals surface area contributed by atoms with Crippen LogP contribution in [-0.2, 0) is 16.1 Å². The molecule has 2 aliphatic carbocycles. The number of fused-ring (bicyclic) bond motifs is 1. The first-order valence-electron chi connectivity index (χ1n) is 9.08. The van der Waals surface area contributed by atoms with Crippen molar-refractivity contribution in [1.29, 1.82) is 0 Å². The summed E-state index contributed by atoms with van der Waals surface area (Å²) in [4.78, 5) is 24.0. The zero-order valence-corrected chi connectivity index (χ0v) is 14.2. The molecule has 6 nitrogen and oxygen atoms in total. The summed E-state index contributed by atoms with van der Waals surface area (Å²) >= 11 is 0. The summed E-state index contributed by atoms with van der Waals surface area (Å²) in [6.07, 6.45) is 3.33. The average molecular weight is 344 g/mol. The molecule has 4 unspecified atom stereocenters. The van der Waals surface area contributed by atoms with Gasteiger partial charge in [-0.05, 0) is 37.2 Å². The number of rotatable bonds is 6. The number of benzene rings is 1. The zero-order chi connectivity index (χ0) is 17.6. The lowest BCUT2D eigenvalue weighted by Gasteiger charge is -2.44. The van der Waals surface area contributed by atoms with Crippen molar-refractivity contribution in [3.8, 4) is 0 Å². The van der Waals surface area contributed by atoms with Gasteiger partial charge in [-0.1, -0.05) is 30.3 Å². The second kappa shape index (κ2) is 6.11. The number of nitrogens with zero attached hydrogens (tertiary/aromatic N) is 2. The van der Waals surface area contributed by atoms with E-state index in [0.717, 1.165) is 31.5 Å². The van der Waals surface area contributed by atoms with Crippen LogP contribution >= 0.6 is 0 Å². The van der Waals surface area contributed by atoms with E-state index in [2.05, 4.69) is 5.01 Å². The smallest absolute Gasteiger partial charge is 0.325 e. The highest BCUT2D eigenvalue weighted by atomic mass is 16.4. The fourth-order valence-electron chi connectivity index (χ4n) is 5.13. The van der Waals surface area contributed by atoms with E-state index >= 15 is 0 Å². The molecule has 4 rings (SSSR count). The van der Waals surface area contributed by atoms with Gasteiger partial charge in [0.25, 0.3) is 0 Å². The molecular weight excluding hydrogens is 320 g/mol. The molecule has 2 saturated carbocycles. The Kier molecular flexibility index (Phi) is 4.04. The molecule has 1 aliphatic heterocycles. The molecule has 1 aromatic rings. The monoisotopic (exact) mass is 344 g/mol. The minimum atomic E-state index is -1.09. The van der Waals surface area contributed by atoms with Crippen molar-refractivity contribution in [3.05, 3.63) is 35.9 Å². The second-order valence-corrected chi connectivity index (χ2v) is 7.53. The van der Waals surface area contributed by atoms with E-state index in [1.54, 1.807) is 0 Å². The van der Waals surface area contributed by atoms with Gasteiger partial charge in [0.05, 0.1) is 5.92 Å². The highest BCUT2D eigenvalue weighted by molar-refractivity contribution is 5.85. The molecule has 3 aliphatic rings. The average Bonchev–Trinajstić information content (AvgIpc) is 2.96. The van der Waals surface area contributed by atoms with Gasteiger partial charge in [0.2, 0.25) is 0 Å². The number of hydrazine groups is 1. The molecule has 1 aromatic carbocycles. The number of carboxylic acids is 2. The molecule has 2 N–H and O–H groups in total. The third kappa shape index (κ3) is 2.55. The van der Waals surface area contributed by atoms with Gasteiger partial charge >= 0.3 is 11.9 Å². The SMILES string of the molecule is O=C(O)C1C2CCC(C(=O)O)(N(Cc3ccccc3)N3CCCC3)C21. The fourth-order valence-corrected chi connectivity index (χ4v) is 5.13. The van der Waals surface area contributed by atoms with Crippen molar-refractivity contribution in [3.63, 3.8) is 0 Å². The number of carbonyl (C=O) groups is 2. The maximum atomic E-state index is 12.5. The molecule has 1 saturated heterocycles. The van der Waals surface area contributed by atoms with Crippen LogP contribution in [0.25, 0.3) is 0 Å². The lowest BCUT2D eigenvalue weighted by Crippen LogP contribution is -2.61. The first kappa shape index (κ1) is 16.5. The van der Waals surface area contributed by atoms with Gasteiger partial charge in [0.15, 0.2) is 0 Å². The van der Waals surface area contributed by atoms with Crippen molar-refractivity contribution in [1.82, 2.24) is 10.0 Å². The Hall–Kier alpha value is -1.92. The van der Waals surface area contributed by atoms with Crippen molar-refractivity contribution >= 4 is 11.9 Å². The van der Waals surface area contributed by atoms with Gasteiger partial charge in [-0.25, -0.2) is 10.0 Å². The molecular formula is C19H24N2O4. The van der Waals surface area contributed by atoms with Crippen LogP contribution in [0.3, 0.4) is 0 Å². The molecule has 0 radical (unpaired) electrons. The van der Waals surface area contributed by atoms with Crippen LogP contribution in [-0.4, -0.2) is 50.8 Å². The molecule has 1 heterocycles. The van der Waals surface area contributed by atoms with E-state index in [1.807, 2.05) is 35.3 Å². The van der Waals surface area contributed by atoms with Gasteiger partial charge < -0.3 is 10.2 Å². The number of hydrogen-bond donors (Lipinski definition) is 2. The van der Waals surface area contributed by atoms with E-state index in [9.17, 15) is 19.8 Å². The Morgan fingerprint density at radius 2 is 1.84 bits per heavy atom. The first-order chi connectivity index (χ1) is 12.1. The molecule has 0 amide bonds. The molecule has 0 aromatic heterocycles. The standard InChI is InChI=1S/C19H24N2O4/c22-17(23)15-14-8-9-19(16(14)15,18(24)25)21(20-10-4-5-11-20)12-13-6-2-1-3-7-13/h1-3,6-7,14-16H,4-5,8-12H2,(H,22,23)(H,24,25). The molecule has 0 bridgehead atoms. The third-order valence-corrected chi connectivity index (χ3v) is 6.29. The maximum absolute atomic E-state index is 12.5. The Bertz CT molecular complexity index is 673. The number of hydrogen-bond acceptors (Lipinski definition) is 4. The summed E-state index contributed by atoms with van der Waals surface area (Å²) in [5, 5.41) is 23.9. The van der Waals surface area contributed by atoms with E-state index in [0.29, 0.717) is 19.4 Å². The lowest BCUT2D eigenvalue weighted by molar-refractivity contribution is -0.175. The lowest BCUT2D eigenvalue weighted by atomic mass is 9.88. The van der Waals surface area contributed by atoms with Gasteiger partial charge in [0.1, 0.15) is 5.54 Å². The molecule has 4 atom stereocenters. The minimum absolute atomic E-state index is 0.00877. The Morgan fingerprint density at radius 1 is 1.16 bits per heavy atom. The van der Waals surface area contributed by atoms with E-state index < -0.39 is 23.4 Å². The Morgan fingerprint density at radius 3 is 2.40 bits per heavy atom. The first-order valence-corrected chi connectivity index (χ1v) is 9.08. The number of carboxylic acid groups (broad SMARTS) is 2. The summed E-state index contributed by atoms with van der Waals surface area (Å²) in [6.45, 7) is 2.21. The normalized spacial score (nSPS) is 34.2. The summed E-state index contributed by atoms with van der Waals surface area (Å²) in [5.41, 5.74) is -0.0283. The molecule has 25 heavy (non-hydrogen) atoms. The highest BCUT2D eigenvalue weighted by Gasteiger charge is 2.73. The highest BCUT2D eigenvalue weighted by Crippen LogP contribution is 2.64. The summed E-state index contributed by atoms with van der Waals surface area (Å²) < 4.78 is 0. The van der Waals surface area contributed by atoms with Gasteiger partial charge in [-0.2, -0.15) is 0 Å². The fraction of sp³-hybridized carbons (Fsp3) is 0.579. The predicted octanol–water partition coefficient (Wildman–Crippen LogP) is 2.06. The zero-order valence-electron chi connectivity index (χ0n) is 14.2. The molecule has 6 heteroatoms. The Balaban J connectivity index is 1.71. The molecule has 0 spiro atoms. The second-order valence-electron chi connectivity index (χ2n) is 7.53. The summed E-state index contributed by atoms with van der Waals surface area (Å²) in [5.74, 6) is -2.50. The van der Waals surface area contributed by atoms with E-state index in [1.165, 1.54) is 0 Å². The molecule has 134 valence electrons. The topological polar surface area (TPSA) is 81.1 Å². The van der Waals surface area contributed by atoms with Crippen molar-refractivity contribution in [2.75, 3.05) is 13.1 Å². The minimum Gasteiger partial charge on any atom is -0.481 e. The maximum Gasteiger partial charge on any atom is 0.325 e. The van der Waals surface area contributed by atoms with Crippen LogP contribution in [0.1, 0.15) is 31.2 Å². The van der Waals surface area contributed by atoms with Crippen LogP contribution in [0, 0.1) is 17.8 Å². The van der Waals surface area contributed by atoms with Crippen molar-refractivity contribution < 1.29 is 19.8 Å². The third-order valence-electron chi connectivity index (χ3n) is 6.29. The quantitative estimate of drug-likeness (QED) is 0.822. The van der Waals surface area contributed by atoms with Crippen LogP contribution in [0.5, 0.6) is 0 Å². The van der Waals surface area contributed by atoms with Crippen LogP contribution < -0.4 is 0 Å². The van der Waals surface area contributed by atoms with Gasteiger partial charge in [-0.15, -0.1) is 0 Å². The number of aliphatic carboxylic acids is 2. The summed E-state index contributed by atoms with van der Waals surface area (Å²) in [6, 6.07) is 9.88. The van der Waals surface area contributed by atoms with E-state index in [-0.39, 0.29) is 11.8 Å². The Labute approximate surface area is 147 Å². The van der Waals surface area contributed by atoms with Crippen LogP contribution in [0.15, 0.2) is 30.3 Å². The van der Waals surface area contributed by atoms with E-state index in [4.69, 9.17) is 0 Å². The molecule has 3 fully saturated rings. The van der Waals surface area contributed by atoms with Crippen molar-refractivity contribution in [2.24, 2.45) is 17.8 Å². The van der Waals surface area contributed by atoms with Crippen molar-refractivity contribution in [2.45, 2.75) is 37.8 Å². The van der Waals surface area contributed by atoms with Crippen LogP contribution in [0.2, 0.25) is 0 Å².